The maximum atomic E-state index is 12.5. The summed E-state index contributed by atoms with van der Waals surface area (Å²) in [5, 5.41) is 35.3. The molecule has 0 fully saturated rings. The zero-order valence-corrected chi connectivity index (χ0v) is 18.2. The Morgan fingerprint density at radius 3 is 2.26 bits per heavy atom. The van der Waals surface area contributed by atoms with Gasteiger partial charge in [0.1, 0.15) is 12.1 Å². The number of likely N-dealkylation sites (N-methyl/N-ethyl adjacent to an activating group) is 1. The summed E-state index contributed by atoms with van der Waals surface area (Å²) in [4.78, 5) is 51.7. The number of rotatable bonds is 13. The number of amides is 1. The van der Waals surface area contributed by atoms with Gasteiger partial charge in [0, 0.05) is 31.2 Å². The van der Waals surface area contributed by atoms with E-state index < -0.39 is 58.5 Å². The molecule has 0 saturated heterocycles. The number of hydrogen-bond donors (Lipinski definition) is 3. The smallest absolute Gasteiger partial charge is 0.220 e. The molecule has 0 spiro atoms. The first-order chi connectivity index (χ1) is 14.2. The van der Waals surface area contributed by atoms with Crippen LogP contribution in [0.5, 0.6) is 0 Å². The number of aromatic amines is 1. The molecule has 1 rings (SSSR count). The van der Waals surface area contributed by atoms with Gasteiger partial charge in [0.25, 0.3) is 0 Å². The van der Waals surface area contributed by atoms with E-state index in [1.807, 2.05) is 0 Å². The highest BCUT2D eigenvalue weighted by Gasteiger charge is 2.27. The summed E-state index contributed by atoms with van der Waals surface area (Å²) in [6.45, 7) is 0. The molecule has 31 heavy (non-hydrogen) atoms. The Hall–Kier alpha value is -2.84. The van der Waals surface area contributed by atoms with Crippen molar-refractivity contribution in [3.63, 3.8) is 0 Å². The van der Waals surface area contributed by atoms with E-state index in [2.05, 4.69) is 21.0 Å². The predicted molar refractivity (Wildman–Crippen MR) is 98.2 cm³/mol. The molecule has 0 aliphatic rings. The van der Waals surface area contributed by atoms with E-state index in [0.717, 1.165) is 0 Å². The number of H-pyrrole nitrogens is 1. The van der Waals surface area contributed by atoms with Gasteiger partial charge in [-0.05, 0) is 0 Å². The van der Waals surface area contributed by atoms with Crippen molar-refractivity contribution in [2.45, 2.75) is 42.5 Å². The fraction of sp³-hybridized carbons (Fsp3) is 0.588. The second kappa shape index (κ2) is 11.0. The zero-order valence-electron chi connectivity index (χ0n) is 17.4. The molecule has 14 heteroatoms. The van der Waals surface area contributed by atoms with Gasteiger partial charge in [-0.3, -0.25) is 9.00 Å². The maximum absolute atomic E-state index is 12.5. The molecule has 4 atom stereocenters. The van der Waals surface area contributed by atoms with Gasteiger partial charge >= 0.3 is 0 Å². The molecule has 174 valence electrons. The van der Waals surface area contributed by atoms with E-state index in [-0.39, 0.29) is 28.9 Å². The number of quaternary nitrogens is 2. The molecule has 1 aromatic rings. The molecule has 1 aromatic heterocycles. The van der Waals surface area contributed by atoms with Crippen LogP contribution < -0.4 is 26.4 Å². The molecule has 0 radical (unpaired) electrons. The highest BCUT2D eigenvalue weighted by molar-refractivity contribution is 7.84. The number of carbonyl (C=O) groups excluding carboxylic acids is 4. The first-order valence-electron chi connectivity index (χ1n) is 9.20. The molecule has 0 aromatic carbocycles. The maximum Gasteiger partial charge on any atom is 0.220 e. The monoisotopic (exact) mass is 460 g/mol. The number of imidazole rings is 1. The number of nitrogens with zero attached hydrogens (tertiary/aromatic N) is 2. The van der Waals surface area contributed by atoms with Gasteiger partial charge in [0.05, 0.1) is 61.6 Å². The number of aliphatic carboxylic acids is 3. The van der Waals surface area contributed by atoms with Crippen molar-refractivity contribution in [1.82, 2.24) is 15.3 Å². The summed E-state index contributed by atoms with van der Waals surface area (Å²) in [6.07, 6.45) is 0.824. The van der Waals surface area contributed by atoms with Crippen LogP contribution in [0.2, 0.25) is 0 Å². The third kappa shape index (κ3) is 8.43. The molecule has 0 saturated carbocycles. The fourth-order valence-corrected chi connectivity index (χ4v) is 3.62. The van der Waals surface area contributed by atoms with Crippen LogP contribution in [0, 0.1) is 0 Å². The first-order valence-corrected chi connectivity index (χ1v) is 10.5. The number of nitrogens with one attached hydrogen (secondary N) is 2. The topological polar surface area (TPSA) is 223 Å². The predicted octanol–water partition coefficient (Wildman–Crippen LogP) is -6.74. The van der Waals surface area contributed by atoms with Gasteiger partial charge in [-0.25, -0.2) is 4.98 Å². The molecule has 5 N–H and O–H groups in total. The zero-order chi connectivity index (χ0) is 23.9. The minimum absolute atomic E-state index is 0.0152. The van der Waals surface area contributed by atoms with Gasteiger partial charge in [0.15, 0.2) is 5.16 Å². The average Bonchev–Trinajstić information content (AvgIpc) is 3.11. The summed E-state index contributed by atoms with van der Waals surface area (Å²) in [6, 6.07) is -3.66. The van der Waals surface area contributed by atoms with Crippen LogP contribution in [0.3, 0.4) is 0 Å². The number of carboxylic acid groups (broad SMARTS) is 3. The Kier molecular flexibility index (Phi) is 9.27. The van der Waals surface area contributed by atoms with Crippen LogP contribution in [-0.4, -0.2) is 87.5 Å². The van der Waals surface area contributed by atoms with Crippen LogP contribution in [0.4, 0.5) is 0 Å². The van der Waals surface area contributed by atoms with Gasteiger partial charge in [0.2, 0.25) is 5.91 Å². The Bertz CT molecular complexity index is 850. The third-order valence-corrected chi connectivity index (χ3v) is 5.71. The molecule has 0 aliphatic heterocycles. The molecule has 0 aliphatic carbocycles. The lowest BCUT2D eigenvalue weighted by molar-refractivity contribution is -0.889. The number of carboxylic acids is 3. The minimum Gasteiger partial charge on any atom is -0.548 e. The van der Waals surface area contributed by atoms with Crippen molar-refractivity contribution in [2.24, 2.45) is 0 Å². The Labute approximate surface area is 180 Å². The second-order valence-corrected chi connectivity index (χ2v) is 9.29. The van der Waals surface area contributed by atoms with E-state index in [4.69, 9.17) is 0 Å². The van der Waals surface area contributed by atoms with Gasteiger partial charge in [-0.15, -0.1) is 0 Å². The fourth-order valence-electron chi connectivity index (χ4n) is 2.53. The first kappa shape index (κ1) is 26.2. The molecule has 1 amide bonds. The third-order valence-electron chi connectivity index (χ3n) is 4.43. The highest BCUT2D eigenvalue weighted by atomic mass is 32.2. The quantitative estimate of drug-likeness (QED) is 0.237. The lowest BCUT2D eigenvalue weighted by atomic mass is 10.1. The van der Waals surface area contributed by atoms with Crippen molar-refractivity contribution in [1.29, 1.82) is 0 Å². The van der Waals surface area contributed by atoms with Crippen LogP contribution >= 0.6 is 0 Å². The summed E-state index contributed by atoms with van der Waals surface area (Å²) in [5.41, 5.74) is 3.65. The van der Waals surface area contributed by atoms with Crippen molar-refractivity contribution >= 4 is 34.6 Å². The Morgan fingerprint density at radius 1 is 1.16 bits per heavy atom. The molecule has 1 heterocycles. The molecular weight excluding hydrogens is 434 g/mol. The summed E-state index contributed by atoms with van der Waals surface area (Å²) < 4.78 is 12.5. The second-order valence-electron chi connectivity index (χ2n) is 7.87. The van der Waals surface area contributed by atoms with Crippen molar-refractivity contribution in [3.8, 4) is 0 Å². The van der Waals surface area contributed by atoms with E-state index in [1.165, 1.54) is 6.20 Å². The van der Waals surface area contributed by atoms with Gasteiger partial charge < -0.3 is 50.2 Å². The average molecular weight is 460 g/mol. The van der Waals surface area contributed by atoms with E-state index in [0.29, 0.717) is 5.69 Å². The molecule has 13 nitrogen and oxygen atoms in total. The lowest BCUT2D eigenvalue weighted by Crippen LogP contribution is -2.68. The van der Waals surface area contributed by atoms with Crippen molar-refractivity contribution < 1.29 is 48.9 Å². The highest BCUT2D eigenvalue weighted by Crippen LogP contribution is 2.12. The Balaban J connectivity index is 2.77. The van der Waals surface area contributed by atoms with Crippen LogP contribution in [0.1, 0.15) is 18.5 Å². The lowest BCUT2D eigenvalue weighted by Gasteiger charge is -2.34. The number of carbonyl (C=O) groups is 4. The number of aromatic nitrogens is 2. The normalized spacial score (nSPS) is 15.5. The SMILES string of the molecule is C[N+](C)(C)[C@@H](Cc1cnc(S(=O)C[C@H](NC(=O)CC[C@H]([NH3+])C(=O)[O-])C(=O)[O-])[nH]1)C(=O)[O-]. The van der Waals surface area contributed by atoms with Crippen molar-refractivity contribution in [2.75, 3.05) is 26.9 Å². The van der Waals surface area contributed by atoms with Crippen LogP contribution in [0.25, 0.3) is 0 Å². The van der Waals surface area contributed by atoms with Crippen LogP contribution in [0.15, 0.2) is 11.4 Å². The Morgan fingerprint density at radius 2 is 1.77 bits per heavy atom. The molecule has 1 unspecified atom stereocenters. The molecular formula is C17H26N5O8S-. The minimum atomic E-state index is -1.98. The van der Waals surface area contributed by atoms with Gasteiger partial charge in [-0.1, -0.05) is 0 Å². The van der Waals surface area contributed by atoms with E-state index >= 15 is 0 Å². The summed E-state index contributed by atoms with van der Waals surface area (Å²) >= 11 is 0. The van der Waals surface area contributed by atoms with E-state index in [1.54, 1.807) is 21.1 Å². The van der Waals surface area contributed by atoms with Crippen molar-refractivity contribution in [3.05, 3.63) is 11.9 Å². The van der Waals surface area contributed by atoms with E-state index in [9.17, 15) is 38.7 Å². The van der Waals surface area contributed by atoms with Crippen LogP contribution in [-0.2, 0) is 36.4 Å². The summed E-state index contributed by atoms with van der Waals surface area (Å²) in [7, 11) is 3.04. The summed E-state index contributed by atoms with van der Waals surface area (Å²) in [5.74, 6) is -5.73. The largest absolute Gasteiger partial charge is 0.548 e. The molecule has 0 bridgehead atoms. The standard InChI is InChI=1S/C17H27N5O8S/c1-22(2,3)12(16(28)29)6-9-7-19-17(20-9)31(30)8-11(15(26)27)21-13(23)5-4-10(18)14(24)25/h7,10-12H,4-6,8,18H2,1-3H3,(H4-,19,20,21,23,24,25,26,27,28,29)/p-1/t10-,11-,12-,31?/m0/s1. The number of hydrogen-bond acceptors (Lipinski definition) is 9. The van der Waals surface area contributed by atoms with Gasteiger partial charge in [-0.2, -0.15) is 0 Å².